The van der Waals surface area contributed by atoms with Gasteiger partial charge in [-0.3, -0.25) is 4.79 Å². The normalized spacial score (nSPS) is 11.6. The van der Waals surface area contributed by atoms with Crippen molar-refractivity contribution in [3.05, 3.63) is 23.8 Å². The molecule has 0 bridgehead atoms. The van der Waals surface area contributed by atoms with Gasteiger partial charge < -0.3 is 5.32 Å². The Morgan fingerprint density at radius 3 is 2.32 bits per heavy atom. The van der Waals surface area contributed by atoms with Gasteiger partial charge in [0.2, 0.25) is 15.9 Å². The second kappa shape index (κ2) is 6.16. The first-order valence-corrected chi connectivity index (χ1v) is 7.65. The summed E-state index contributed by atoms with van der Waals surface area (Å²) < 4.78 is 26.1. The molecule has 0 aliphatic heterocycles. The Bertz CT molecular complexity index is 563. The van der Waals surface area contributed by atoms with E-state index >= 15 is 0 Å². The maximum Gasteiger partial charge on any atom is 0.243 e. The van der Waals surface area contributed by atoms with Crippen LogP contribution in [-0.4, -0.2) is 31.7 Å². The summed E-state index contributed by atoms with van der Waals surface area (Å²) in [5.74, 6) is -0.222. The van der Waals surface area contributed by atoms with Crippen molar-refractivity contribution in [2.45, 2.75) is 32.6 Å². The van der Waals surface area contributed by atoms with Crippen molar-refractivity contribution in [2.75, 3.05) is 18.4 Å². The molecule has 1 aromatic rings. The van der Waals surface area contributed by atoms with Crippen molar-refractivity contribution in [1.29, 1.82) is 0 Å². The van der Waals surface area contributed by atoms with Crippen LogP contribution in [0.3, 0.4) is 0 Å². The van der Waals surface area contributed by atoms with E-state index in [2.05, 4.69) is 5.32 Å². The molecule has 1 N–H and O–H groups in total. The van der Waals surface area contributed by atoms with Gasteiger partial charge in [0.05, 0.1) is 4.90 Å². The molecule has 0 saturated carbocycles. The minimum atomic E-state index is -3.49. The number of hydrogen-bond acceptors (Lipinski definition) is 3. The fraction of sp³-hybridized carbons (Fsp3) is 0.462. The molecule has 0 atom stereocenters. The first-order valence-electron chi connectivity index (χ1n) is 6.21. The predicted molar refractivity (Wildman–Crippen MR) is 75.6 cm³/mol. The minimum absolute atomic E-state index is 0.200. The monoisotopic (exact) mass is 284 g/mol. The summed E-state index contributed by atoms with van der Waals surface area (Å²) in [4.78, 5) is 11.3. The van der Waals surface area contributed by atoms with E-state index in [9.17, 15) is 13.2 Å². The number of amides is 1. The molecule has 1 rings (SSSR count). The fourth-order valence-electron chi connectivity index (χ4n) is 1.80. The van der Waals surface area contributed by atoms with Crippen molar-refractivity contribution in [3.63, 3.8) is 0 Å². The molecule has 0 spiro atoms. The van der Waals surface area contributed by atoms with Crippen LogP contribution in [0.15, 0.2) is 23.1 Å². The lowest BCUT2D eigenvalue weighted by Gasteiger charge is -2.19. The third kappa shape index (κ3) is 3.54. The van der Waals surface area contributed by atoms with Gasteiger partial charge in [-0.15, -0.1) is 0 Å². The number of carbonyl (C=O) groups is 1. The second-order valence-corrected chi connectivity index (χ2v) is 6.19. The molecular weight excluding hydrogens is 264 g/mol. The Morgan fingerprint density at radius 2 is 1.84 bits per heavy atom. The van der Waals surface area contributed by atoms with E-state index in [1.807, 2.05) is 6.92 Å². The topological polar surface area (TPSA) is 66.5 Å². The molecule has 5 nitrogen and oxygen atoms in total. The SMILES string of the molecule is CCN(CC)S(=O)(=O)c1ccc(C)c(NC(C)=O)c1. The molecule has 0 heterocycles. The summed E-state index contributed by atoms with van der Waals surface area (Å²) in [6.07, 6.45) is 0. The quantitative estimate of drug-likeness (QED) is 0.899. The van der Waals surface area contributed by atoms with Crippen LogP contribution < -0.4 is 5.32 Å². The summed E-state index contributed by atoms with van der Waals surface area (Å²) in [5, 5.41) is 2.64. The number of benzene rings is 1. The highest BCUT2D eigenvalue weighted by Gasteiger charge is 2.22. The average Bonchev–Trinajstić information content (AvgIpc) is 2.32. The van der Waals surface area contributed by atoms with Crippen molar-refractivity contribution < 1.29 is 13.2 Å². The van der Waals surface area contributed by atoms with E-state index in [1.54, 1.807) is 26.0 Å². The Labute approximate surface area is 114 Å². The number of anilines is 1. The van der Waals surface area contributed by atoms with Crippen LogP contribution in [-0.2, 0) is 14.8 Å². The molecule has 0 aliphatic rings. The average molecular weight is 284 g/mol. The Morgan fingerprint density at radius 1 is 1.26 bits per heavy atom. The number of hydrogen-bond donors (Lipinski definition) is 1. The summed E-state index contributed by atoms with van der Waals surface area (Å²) in [6, 6.07) is 4.76. The van der Waals surface area contributed by atoms with Gasteiger partial charge in [0.1, 0.15) is 0 Å². The Hall–Kier alpha value is -1.40. The third-order valence-electron chi connectivity index (χ3n) is 2.86. The lowest BCUT2D eigenvalue weighted by Crippen LogP contribution is -2.30. The highest BCUT2D eigenvalue weighted by Crippen LogP contribution is 2.22. The van der Waals surface area contributed by atoms with Crippen LogP contribution in [0.2, 0.25) is 0 Å². The molecule has 1 amide bonds. The van der Waals surface area contributed by atoms with Gasteiger partial charge in [0.15, 0.2) is 0 Å². The standard InChI is InChI=1S/C13H20N2O3S/c1-5-15(6-2)19(17,18)12-8-7-10(3)13(9-12)14-11(4)16/h7-9H,5-6H2,1-4H3,(H,14,16). The van der Waals surface area contributed by atoms with Crippen LogP contribution in [0.5, 0.6) is 0 Å². The highest BCUT2D eigenvalue weighted by molar-refractivity contribution is 7.89. The van der Waals surface area contributed by atoms with Crippen LogP contribution in [0.25, 0.3) is 0 Å². The van der Waals surface area contributed by atoms with Crippen molar-refractivity contribution in [1.82, 2.24) is 4.31 Å². The lowest BCUT2D eigenvalue weighted by atomic mass is 10.2. The van der Waals surface area contributed by atoms with E-state index in [0.717, 1.165) is 5.56 Å². The smallest absolute Gasteiger partial charge is 0.243 e. The van der Waals surface area contributed by atoms with Crippen molar-refractivity contribution in [2.24, 2.45) is 0 Å². The summed E-state index contributed by atoms with van der Waals surface area (Å²) >= 11 is 0. The summed E-state index contributed by atoms with van der Waals surface area (Å²) in [5.41, 5.74) is 1.36. The number of nitrogens with zero attached hydrogens (tertiary/aromatic N) is 1. The predicted octanol–water partition coefficient (Wildman–Crippen LogP) is 1.98. The van der Waals surface area contributed by atoms with Gasteiger partial charge in [-0.25, -0.2) is 8.42 Å². The molecular formula is C13H20N2O3S. The van der Waals surface area contributed by atoms with Gasteiger partial charge in [-0.05, 0) is 24.6 Å². The molecule has 0 fully saturated rings. The zero-order valence-electron chi connectivity index (χ0n) is 11.7. The van der Waals surface area contributed by atoms with Gasteiger partial charge >= 0.3 is 0 Å². The second-order valence-electron chi connectivity index (χ2n) is 4.25. The van der Waals surface area contributed by atoms with E-state index in [4.69, 9.17) is 0 Å². The highest BCUT2D eigenvalue weighted by atomic mass is 32.2. The molecule has 0 aliphatic carbocycles. The molecule has 106 valence electrons. The van der Waals surface area contributed by atoms with Crippen LogP contribution in [0.4, 0.5) is 5.69 Å². The zero-order valence-corrected chi connectivity index (χ0v) is 12.5. The Balaban J connectivity index is 3.25. The van der Waals surface area contributed by atoms with E-state index in [-0.39, 0.29) is 10.8 Å². The van der Waals surface area contributed by atoms with Crippen molar-refractivity contribution in [3.8, 4) is 0 Å². The molecule has 0 radical (unpaired) electrons. The molecule has 6 heteroatoms. The largest absolute Gasteiger partial charge is 0.326 e. The third-order valence-corrected chi connectivity index (χ3v) is 4.91. The molecule has 0 aromatic heterocycles. The van der Waals surface area contributed by atoms with Gasteiger partial charge in [-0.1, -0.05) is 19.9 Å². The first-order chi connectivity index (χ1) is 8.82. The first kappa shape index (κ1) is 15.7. The number of rotatable bonds is 5. The van der Waals surface area contributed by atoms with E-state index in [1.165, 1.54) is 17.3 Å². The van der Waals surface area contributed by atoms with Crippen LogP contribution in [0, 0.1) is 6.92 Å². The molecule has 0 saturated heterocycles. The number of nitrogens with one attached hydrogen (secondary N) is 1. The Kier molecular flexibility index (Phi) is 5.08. The van der Waals surface area contributed by atoms with E-state index < -0.39 is 10.0 Å². The van der Waals surface area contributed by atoms with Gasteiger partial charge in [0, 0.05) is 25.7 Å². The van der Waals surface area contributed by atoms with Crippen LogP contribution in [0.1, 0.15) is 26.3 Å². The maximum atomic E-state index is 12.4. The summed E-state index contributed by atoms with van der Waals surface area (Å²) in [6.45, 7) is 7.64. The molecule has 0 unspecified atom stereocenters. The lowest BCUT2D eigenvalue weighted by molar-refractivity contribution is -0.114. The summed E-state index contributed by atoms with van der Waals surface area (Å²) in [7, 11) is -3.49. The number of carbonyl (C=O) groups excluding carboxylic acids is 1. The van der Waals surface area contributed by atoms with Crippen molar-refractivity contribution >= 4 is 21.6 Å². The zero-order chi connectivity index (χ0) is 14.6. The van der Waals surface area contributed by atoms with Gasteiger partial charge in [0.25, 0.3) is 0 Å². The molecule has 19 heavy (non-hydrogen) atoms. The van der Waals surface area contributed by atoms with E-state index in [0.29, 0.717) is 18.8 Å². The fourth-order valence-corrected chi connectivity index (χ4v) is 3.28. The van der Waals surface area contributed by atoms with Gasteiger partial charge in [-0.2, -0.15) is 4.31 Å². The minimum Gasteiger partial charge on any atom is -0.326 e. The number of aryl methyl sites for hydroxylation is 1. The number of sulfonamides is 1. The molecule has 1 aromatic carbocycles. The maximum absolute atomic E-state index is 12.4. The van der Waals surface area contributed by atoms with Crippen LogP contribution >= 0.6 is 0 Å².